The van der Waals surface area contributed by atoms with Gasteiger partial charge in [-0.1, -0.05) is 32.6 Å². The molecule has 0 unspecified atom stereocenters. The topological polar surface area (TPSA) is 54.4 Å². The van der Waals surface area contributed by atoms with E-state index in [1.165, 1.54) is 6.92 Å². The molecule has 1 N–H and O–H groups in total. The first kappa shape index (κ1) is 17.0. The molecule has 0 aromatic carbocycles. The van der Waals surface area contributed by atoms with Crippen molar-refractivity contribution in [1.82, 2.24) is 0 Å². The van der Waals surface area contributed by atoms with Gasteiger partial charge in [0.1, 0.15) is 5.60 Å². The van der Waals surface area contributed by atoms with Crippen molar-refractivity contribution in [3.8, 4) is 0 Å². The third-order valence-electron chi connectivity index (χ3n) is 8.26. The van der Waals surface area contributed by atoms with E-state index in [-0.39, 0.29) is 22.4 Å². The average Bonchev–Trinajstić information content (AvgIpc) is 2.82. The van der Waals surface area contributed by atoms with Crippen LogP contribution in [0.1, 0.15) is 52.9 Å². The van der Waals surface area contributed by atoms with Gasteiger partial charge >= 0.3 is 0 Å². The van der Waals surface area contributed by atoms with Gasteiger partial charge in [-0.15, -0.1) is 0 Å². The van der Waals surface area contributed by atoms with Gasteiger partial charge in [-0.3, -0.25) is 9.59 Å². The van der Waals surface area contributed by atoms with Gasteiger partial charge in [0.2, 0.25) is 0 Å². The summed E-state index contributed by atoms with van der Waals surface area (Å²) in [4.78, 5) is 24.3. The van der Waals surface area contributed by atoms with Crippen LogP contribution in [0.3, 0.4) is 0 Å². The molecule has 0 bridgehead atoms. The van der Waals surface area contributed by atoms with E-state index in [4.69, 9.17) is 0 Å². The molecule has 3 heteroatoms. The van der Waals surface area contributed by atoms with E-state index in [9.17, 15) is 14.7 Å². The standard InChI is InChI=1S/C22H28O3/c1-13-12-20(3)15(11-19(13)24)5-6-16-17(20)7-9-21(4)18(16)8-10-22(21,25)14(2)23/h5-6,11,16-18,25H,1,7-10,12H2,2-4H3/t16-,17+,18+,20+,21+,22+/m1/s1. The molecule has 4 rings (SSSR count). The molecule has 0 aromatic heterocycles. The number of fused-ring (bicyclic) bond motifs is 5. The molecule has 2 fully saturated rings. The number of carbonyl (C=O) groups is 2. The average molecular weight is 340 g/mol. The number of aliphatic hydroxyl groups is 1. The van der Waals surface area contributed by atoms with Crippen molar-refractivity contribution in [3.05, 3.63) is 36.0 Å². The molecule has 0 amide bonds. The summed E-state index contributed by atoms with van der Waals surface area (Å²) >= 11 is 0. The summed E-state index contributed by atoms with van der Waals surface area (Å²) in [6, 6.07) is 0. The zero-order valence-corrected chi connectivity index (χ0v) is 15.5. The second kappa shape index (κ2) is 5.03. The molecule has 4 aliphatic carbocycles. The fourth-order valence-electron chi connectivity index (χ4n) is 6.64. The first-order valence-corrected chi connectivity index (χ1v) is 9.49. The summed E-state index contributed by atoms with van der Waals surface area (Å²) in [5, 5.41) is 11.1. The molecule has 134 valence electrons. The van der Waals surface area contributed by atoms with Crippen LogP contribution in [-0.4, -0.2) is 22.3 Å². The van der Waals surface area contributed by atoms with Crippen LogP contribution in [0.25, 0.3) is 0 Å². The van der Waals surface area contributed by atoms with Crippen molar-refractivity contribution in [1.29, 1.82) is 0 Å². The van der Waals surface area contributed by atoms with E-state index in [1.807, 2.05) is 0 Å². The third kappa shape index (κ3) is 1.96. The van der Waals surface area contributed by atoms with Crippen molar-refractivity contribution in [2.45, 2.75) is 58.5 Å². The summed E-state index contributed by atoms with van der Waals surface area (Å²) in [5.74, 6) is 1.10. The van der Waals surface area contributed by atoms with Crippen LogP contribution in [0, 0.1) is 28.6 Å². The van der Waals surface area contributed by atoms with Crippen molar-refractivity contribution in [2.24, 2.45) is 28.6 Å². The highest BCUT2D eigenvalue weighted by atomic mass is 16.3. The van der Waals surface area contributed by atoms with Gasteiger partial charge in [-0.25, -0.2) is 0 Å². The largest absolute Gasteiger partial charge is 0.382 e. The minimum absolute atomic E-state index is 0.0529. The first-order valence-electron chi connectivity index (χ1n) is 9.49. The van der Waals surface area contributed by atoms with Crippen LogP contribution in [-0.2, 0) is 9.59 Å². The Morgan fingerprint density at radius 2 is 1.92 bits per heavy atom. The third-order valence-corrected chi connectivity index (χ3v) is 8.26. The number of hydrogen-bond acceptors (Lipinski definition) is 3. The van der Waals surface area contributed by atoms with Gasteiger partial charge in [0.05, 0.1) is 0 Å². The Balaban J connectivity index is 1.77. The van der Waals surface area contributed by atoms with Crippen LogP contribution in [0.5, 0.6) is 0 Å². The van der Waals surface area contributed by atoms with E-state index in [0.717, 1.165) is 31.3 Å². The molecule has 0 saturated heterocycles. The molecule has 0 aromatic rings. The van der Waals surface area contributed by atoms with Crippen molar-refractivity contribution in [3.63, 3.8) is 0 Å². The van der Waals surface area contributed by atoms with Crippen LogP contribution >= 0.6 is 0 Å². The molecule has 0 aliphatic heterocycles. The quantitative estimate of drug-likeness (QED) is 0.739. The predicted octanol–water partition coefficient (Wildman–Crippen LogP) is 3.78. The molecule has 3 nitrogen and oxygen atoms in total. The fraction of sp³-hybridized carbons (Fsp3) is 0.636. The van der Waals surface area contributed by atoms with Crippen LogP contribution < -0.4 is 0 Å². The molecule has 2 saturated carbocycles. The molecular formula is C22H28O3. The first-order chi connectivity index (χ1) is 11.6. The Morgan fingerprint density at radius 3 is 2.60 bits per heavy atom. The summed E-state index contributed by atoms with van der Waals surface area (Å²) in [7, 11) is 0. The molecule has 0 spiro atoms. The normalized spacial score (nSPS) is 48.5. The van der Waals surface area contributed by atoms with Crippen LogP contribution in [0.15, 0.2) is 36.0 Å². The maximum atomic E-state index is 12.2. The number of Topliss-reactive ketones (excluding diaryl/α,β-unsaturated/α-hetero) is 1. The molecule has 4 aliphatic rings. The van der Waals surface area contributed by atoms with E-state index < -0.39 is 5.60 Å². The lowest BCUT2D eigenvalue weighted by Crippen LogP contribution is -2.56. The minimum atomic E-state index is -1.18. The van der Waals surface area contributed by atoms with E-state index in [2.05, 4.69) is 32.6 Å². The van der Waals surface area contributed by atoms with Crippen molar-refractivity contribution >= 4 is 11.6 Å². The predicted molar refractivity (Wildman–Crippen MR) is 96.8 cm³/mol. The smallest absolute Gasteiger partial charge is 0.181 e. The lowest BCUT2D eigenvalue weighted by atomic mass is 9.47. The van der Waals surface area contributed by atoms with Gasteiger partial charge in [0, 0.05) is 10.8 Å². The van der Waals surface area contributed by atoms with Crippen molar-refractivity contribution < 1.29 is 14.7 Å². The van der Waals surface area contributed by atoms with Crippen LogP contribution in [0.2, 0.25) is 0 Å². The zero-order valence-electron chi connectivity index (χ0n) is 15.5. The Labute approximate surface area is 149 Å². The maximum Gasteiger partial charge on any atom is 0.181 e. The van der Waals surface area contributed by atoms with Gasteiger partial charge in [0.15, 0.2) is 11.6 Å². The Hall–Kier alpha value is -1.48. The van der Waals surface area contributed by atoms with Gasteiger partial charge in [0.25, 0.3) is 0 Å². The monoisotopic (exact) mass is 340 g/mol. The highest BCUT2D eigenvalue weighted by Gasteiger charge is 2.65. The molecular weight excluding hydrogens is 312 g/mol. The summed E-state index contributed by atoms with van der Waals surface area (Å²) < 4.78 is 0. The number of allylic oxidation sites excluding steroid dienone is 5. The molecule has 0 heterocycles. The maximum absolute atomic E-state index is 12.2. The lowest BCUT2D eigenvalue weighted by molar-refractivity contribution is -0.156. The minimum Gasteiger partial charge on any atom is -0.382 e. The van der Waals surface area contributed by atoms with E-state index >= 15 is 0 Å². The summed E-state index contributed by atoms with van der Waals surface area (Å²) in [5.41, 5.74) is 0.265. The lowest BCUT2D eigenvalue weighted by Gasteiger charge is -2.57. The number of carbonyl (C=O) groups excluding carboxylic acids is 2. The second-order valence-electron chi connectivity index (χ2n) is 9.22. The second-order valence-corrected chi connectivity index (χ2v) is 9.22. The van der Waals surface area contributed by atoms with E-state index in [1.54, 1.807) is 6.08 Å². The van der Waals surface area contributed by atoms with Gasteiger partial charge in [-0.05, 0) is 74.0 Å². The van der Waals surface area contributed by atoms with E-state index in [0.29, 0.717) is 29.7 Å². The van der Waals surface area contributed by atoms with Gasteiger partial charge < -0.3 is 5.11 Å². The molecule has 0 radical (unpaired) electrons. The fourth-order valence-corrected chi connectivity index (χ4v) is 6.64. The summed E-state index contributed by atoms with van der Waals surface area (Å²) in [6.07, 6.45) is 10.2. The highest BCUT2D eigenvalue weighted by molar-refractivity contribution is 6.05. The molecule has 25 heavy (non-hydrogen) atoms. The number of ketones is 2. The molecule has 6 atom stereocenters. The SMILES string of the molecule is C=C1C[C@@]2(C)C(=CC1=O)C=C[C@@H]1[C@@H]2CC[C@@]2(C)[C@H]1CC[C@]2(O)C(C)=O. The number of rotatable bonds is 1. The van der Waals surface area contributed by atoms with Crippen LogP contribution in [0.4, 0.5) is 0 Å². The number of hydrogen-bond donors (Lipinski definition) is 1. The highest BCUT2D eigenvalue weighted by Crippen LogP contribution is 2.66. The Kier molecular flexibility index (Phi) is 3.41. The Bertz CT molecular complexity index is 744. The summed E-state index contributed by atoms with van der Waals surface area (Å²) in [6.45, 7) is 9.92. The Morgan fingerprint density at radius 1 is 1.24 bits per heavy atom. The van der Waals surface area contributed by atoms with Crippen molar-refractivity contribution in [2.75, 3.05) is 0 Å². The zero-order chi connectivity index (χ0) is 18.2. The van der Waals surface area contributed by atoms with Gasteiger partial charge in [-0.2, -0.15) is 0 Å².